The predicted octanol–water partition coefficient (Wildman–Crippen LogP) is 15.4. The largest absolute Gasteiger partial charge is 0.454 e. The summed E-state index contributed by atoms with van der Waals surface area (Å²) in [5, 5.41) is 6.82. The van der Waals surface area contributed by atoms with E-state index in [4.69, 9.17) is 11.3 Å². The standard InChI is InChI=1S/C57H38N2O/c1-57(2)47-29-28-38(34-46(47)55-39(19-12-21-48(55)57)35-14-4-3-5-15-35)58-49-22-9-6-16-40(49)44-32-36(26-30-51(44)58)37-27-31-52-45(33-37)41-17-7-10-23-50(41)59(52)53-24-13-20-43-42-18-8-11-25-54(42)60-56(43)53/h3-34H,1-2H3/i3D,4D,5D,14D,15D. The maximum absolute atomic E-state index is 8.91. The van der Waals surface area contributed by atoms with Gasteiger partial charge in [-0.2, -0.15) is 0 Å². The molecule has 0 saturated carbocycles. The number of para-hydroxylation sites is 4. The molecule has 0 aliphatic heterocycles. The smallest absolute Gasteiger partial charge is 0.159 e. The summed E-state index contributed by atoms with van der Waals surface area (Å²) in [6.07, 6.45) is 0. The van der Waals surface area contributed by atoms with Gasteiger partial charge in [0.1, 0.15) is 5.58 Å². The molecule has 1 aliphatic rings. The molecule has 3 aromatic heterocycles. The van der Waals surface area contributed by atoms with E-state index in [1.165, 1.54) is 5.39 Å². The molecule has 0 N–H and O–H groups in total. The van der Waals surface area contributed by atoms with Crippen LogP contribution in [0.3, 0.4) is 0 Å². The average Bonchev–Trinajstić information content (AvgIpc) is 4.05. The Balaban J connectivity index is 0.973. The molecule has 3 nitrogen and oxygen atoms in total. The van der Waals surface area contributed by atoms with E-state index in [1.54, 1.807) is 0 Å². The van der Waals surface area contributed by atoms with Crippen molar-refractivity contribution in [1.29, 1.82) is 0 Å². The molecule has 60 heavy (non-hydrogen) atoms. The minimum atomic E-state index is -0.393. The SMILES string of the molecule is [2H]c1c([2H])c([2H])c(-c2cccc3c2-c2cc(-n4c5ccccc5c5cc(-c6ccc7c(c6)c6ccccc6n7-c6cccc7c6oc6ccccc67)ccc54)ccc2C3(C)C)c([2H])c1[2H]. The van der Waals surface area contributed by atoms with Crippen LogP contribution in [0.4, 0.5) is 0 Å². The zero-order chi connectivity index (χ0) is 44.0. The zero-order valence-corrected chi connectivity index (χ0v) is 32.9. The van der Waals surface area contributed by atoms with Crippen molar-refractivity contribution in [2.45, 2.75) is 19.3 Å². The summed E-state index contributed by atoms with van der Waals surface area (Å²) in [6, 6.07) is 56.4. The second-order valence-corrected chi connectivity index (χ2v) is 16.5. The van der Waals surface area contributed by atoms with E-state index in [2.05, 4.69) is 163 Å². The zero-order valence-electron chi connectivity index (χ0n) is 37.9. The maximum Gasteiger partial charge on any atom is 0.159 e. The van der Waals surface area contributed by atoms with Gasteiger partial charge >= 0.3 is 0 Å². The minimum Gasteiger partial charge on any atom is -0.454 e. The third kappa shape index (κ3) is 4.55. The van der Waals surface area contributed by atoms with Gasteiger partial charge < -0.3 is 13.6 Å². The van der Waals surface area contributed by atoms with Crippen molar-refractivity contribution in [1.82, 2.24) is 9.13 Å². The maximum atomic E-state index is 8.91. The molecule has 9 aromatic carbocycles. The van der Waals surface area contributed by atoms with E-state index in [0.29, 0.717) is 5.56 Å². The van der Waals surface area contributed by atoms with Gasteiger partial charge in [-0.25, -0.2) is 0 Å². The summed E-state index contributed by atoms with van der Waals surface area (Å²) in [6.45, 7) is 4.39. The van der Waals surface area contributed by atoms with E-state index in [1.807, 2.05) is 24.3 Å². The van der Waals surface area contributed by atoms with Gasteiger partial charge in [-0.05, 0) is 105 Å². The molecule has 0 amide bonds. The van der Waals surface area contributed by atoms with Crippen LogP contribution < -0.4 is 0 Å². The lowest BCUT2D eigenvalue weighted by Gasteiger charge is -2.22. The highest BCUT2D eigenvalue weighted by molar-refractivity contribution is 6.14. The van der Waals surface area contributed by atoms with Gasteiger partial charge in [0.05, 0.1) is 34.6 Å². The Morgan fingerprint density at radius 1 is 0.450 bits per heavy atom. The summed E-state index contributed by atoms with van der Waals surface area (Å²) in [4.78, 5) is 0. The Hall–Kier alpha value is -7.62. The quantitative estimate of drug-likeness (QED) is 0.175. The van der Waals surface area contributed by atoms with E-state index >= 15 is 0 Å². The van der Waals surface area contributed by atoms with Crippen molar-refractivity contribution in [3.8, 4) is 44.8 Å². The molecular formula is C57H38N2O. The number of nitrogens with zero attached hydrogens (tertiary/aromatic N) is 2. The fourth-order valence-corrected chi connectivity index (χ4v) is 10.3. The Morgan fingerprint density at radius 2 is 1.07 bits per heavy atom. The van der Waals surface area contributed by atoms with Crippen LogP contribution in [0, 0.1) is 0 Å². The van der Waals surface area contributed by atoms with Crippen molar-refractivity contribution in [2.24, 2.45) is 0 Å². The van der Waals surface area contributed by atoms with Crippen LogP contribution >= 0.6 is 0 Å². The molecule has 3 heteroatoms. The lowest BCUT2D eigenvalue weighted by molar-refractivity contribution is 0.660. The number of benzene rings is 9. The lowest BCUT2D eigenvalue weighted by atomic mass is 9.82. The fraction of sp³-hybridized carbons (Fsp3) is 0.0526. The summed E-state index contributed by atoms with van der Waals surface area (Å²) in [7, 11) is 0. The highest BCUT2D eigenvalue weighted by Crippen LogP contribution is 2.53. The molecule has 0 radical (unpaired) electrons. The molecule has 0 saturated heterocycles. The van der Waals surface area contributed by atoms with Crippen LogP contribution in [0.2, 0.25) is 0 Å². The van der Waals surface area contributed by atoms with Crippen LogP contribution in [0.15, 0.2) is 198 Å². The van der Waals surface area contributed by atoms with Crippen LogP contribution in [0.5, 0.6) is 0 Å². The van der Waals surface area contributed by atoms with Crippen molar-refractivity contribution in [3.63, 3.8) is 0 Å². The highest BCUT2D eigenvalue weighted by Gasteiger charge is 2.37. The van der Waals surface area contributed by atoms with Crippen LogP contribution in [0.1, 0.15) is 31.8 Å². The third-order valence-corrected chi connectivity index (χ3v) is 13.0. The van der Waals surface area contributed by atoms with Gasteiger partial charge in [0.2, 0.25) is 0 Å². The first-order valence-corrected chi connectivity index (χ1v) is 20.4. The number of fused-ring (bicyclic) bond motifs is 12. The molecule has 0 spiro atoms. The van der Waals surface area contributed by atoms with Gasteiger partial charge in [0, 0.05) is 43.4 Å². The normalized spacial score (nSPS) is 14.5. The van der Waals surface area contributed by atoms with E-state index < -0.39 is 6.04 Å². The van der Waals surface area contributed by atoms with E-state index in [-0.39, 0.29) is 35.1 Å². The molecule has 12 aromatic rings. The number of hydrogen-bond acceptors (Lipinski definition) is 1. The number of aromatic nitrogens is 2. The molecule has 0 atom stereocenters. The number of furan rings is 1. The van der Waals surface area contributed by atoms with Gasteiger partial charge in [-0.15, -0.1) is 0 Å². The third-order valence-electron chi connectivity index (χ3n) is 13.0. The van der Waals surface area contributed by atoms with Crippen molar-refractivity contribution < 1.29 is 11.3 Å². The summed E-state index contributed by atoms with van der Waals surface area (Å²) >= 11 is 0. The molecule has 13 rings (SSSR count). The first-order valence-electron chi connectivity index (χ1n) is 22.9. The molecule has 1 aliphatic carbocycles. The lowest BCUT2D eigenvalue weighted by Crippen LogP contribution is -2.15. The topological polar surface area (TPSA) is 23.0 Å². The molecule has 0 fully saturated rings. The Morgan fingerprint density at radius 3 is 1.82 bits per heavy atom. The first kappa shape index (κ1) is 28.7. The second-order valence-electron chi connectivity index (χ2n) is 16.5. The van der Waals surface area contributed by atoms with Crippen molar-refractivity contribution in [3.05, 3.63) is 205 Å². The first-order chi connectivity index (χ1) is 31.6. The van der Waals surface area contributed by atoms with Crippen LogP contribution in [-0.4, -0.2) is 9.13 Å². The minimum absolute atomic E-state index is 0.199. The van der Waals surface area contributed by atoms with Gasteiger partial charge in [-0.3, -0.25) is 0 Å². The van der Waals surface area contributed by atoms with Gasteiger partial charge in [-0.1, -0.05) is 147 Å². The summed E-state index contributed by atoms with van der Waals surface area (Å²) in [5.41, 5.74) is 14.9. The predicted molar refractivity (Wildman–Crippen MR) is 251 cm³/mol. The number of hydrogen-bond donors (Lipinski definition) is 0. The van der Waals surface area contributed by atoms with Gasteiger partial charge in [0.25, 0.3) is 0 Å². The van der Waals surface area contributed by atoms with Crippen LogP contribution in [-0.2, 0) is 5.41 Å². The molecule has 3 heterocycles. The molecule has 282 valence electrons. The van der Waals surface area contributed by atoms with Crippen molar-refractivity contribution >= 4 is 65.6 Å². The highest BCUT2D eigenvalue weighted by atomic mass is 16.3. The summed E-state index contributed by atoms with van der Waals surface area (Å²) < 4.78 is 54.2. The summed E-state index contributed by atoms with van der Waals surface area (Å²) in [5.74, 6) is 0. The Labute approximate surface area is 354 Å². The van der Waals surface area contributed by atoms with Crippen LogP contribution in [0.25, 0.3) is 110 Å². The Kier molecular flexibility index (Phi) is 5.84. The van der Waals surface area contributed by atoms with Gasteiger partial charge in [0.15, 0.2) is 5.58 Å². The van der Waals surface area contributed by atoms with E-state index in [0.717, 1.165) is 105 Å². The Bertz CT molecular complexity index is 4030. The molecular weight excluding hydrogens is 729 g/mol. The molecule has 0 unspecified atom stereocenters. The second kappa shape index (κ2) is 12.2. The molecule has 0 bridgehead atoms. The average molecular weight is 772 g/mol. The fourth-order valence-electron chi connectivity index (χ4n) is 10.3. The van der Waals surface area contributed by atoms with Crippen molar-refractivity contribution in [2.75, 3.05) is 0 Å². The van der Waals surface area contributed by atoms with E-state index in [9.17, 15) is 0 Å². The number of rotatable bonds is 4. The monoisotopic (exact) mass is 771 g/mol.